The van der Waals surface area contributed by atoms with E-state index < -0.39 is 0 Å². The van der Waals surface area contributed by atoms with Gasteiger partial charge in [0.15, 0.2) is 0 Å². The minimum Gasteiger partial charge on any atom is -0.303 e. The number of benzene rings is 2. The normalized spacial score (nSPS) is 21.0. The number of rotatable bonds is 3. The van der Waals surface area contributed by atoms with Gasteiger partial charge in [-0.1, -0.05) is 62.1 Å². The van der Waals surface area contributed by atoms with E-state index in [9.17, 15) is 9.18 Å². The van der Waals surface area contributed by atoms with E-state index in [1.165, 1.54) is 50.2 Å². The Labute approximate surface area is 176 Å². The maximum Gasteiger partial charge on any atom is 0.326 e. The Balaban J connectivity index is 1.43. The van der Waals surface area contributed by atoms with Gasteiger partial charge in [0.25, 0.3) is 0 Å². The van der Waals surface area contributed by atoms with Crippen molar-refractivity contribution in [3.05, 3.63) is 70.4 Å². The zero-order chi connectivity index (χ0) is 20.6. The Morgan fingerprint density at radius 1 is 0.900 bits per heavy atom. The Morgan fingerprint density at radius 2 is 1.60 bits per heavy atom. The first-order valence-electron chi connectivity index (χ1n) is 11.4. The second kappa shape index (κ2) is 8.03. The van der Waals surface area contributed by atoms with Gasteiger partial charge in [-0.25, -0.2) is 9.18 Å². The number of para-hydroxylation sites is 1. The summed E-state index contributed by atoms with van der Waals surface area (Å²) in [6, 6.07) is 16.1. The number of nitrogens with zero attached hydrogens (tertiary/aromatic N) is 2. The average Bonchev–Trinajstić information content (AvgIpc) is 2.96. The van der Waals surface area contributed by atoms with Crippen molar-refractivity contribution >= 4 is 11.0 Å². The SMILES string of the molecule is O=c1[nH]c2c(F)cccc2n1C1CCN(C2(c3ccccc3)CCCCCC2)CC1. The molecule has 158 valence electrons. The van der Waals surface area contributed by atoms with Crippen molar-refractivity contribution in [1.29, 1.82) is 0 Å². The minimum atomic E-state index is -0.359. The predicted octanol–water partition coefficient (Wildman–Crippen LogP) is 5.36. The van der Waals surface area contributed by atoms with Crippen molar-refractivity contribution in [3.63, 3.8) is 0 Å². The summed E-state index contributed by atoms with van der Waals surface area (Å²) in [5.41, 5.74) is 2.37. The third-order valence-electron chi connectivity index (χ3n) is 7.38. The van der Waals surface area contributed by atoms with Gasteiger partial charge in [-0.05, 0) is 43.4 Å². The minimum absolute atomic E-state index is 0.111. The van der Waals surface area contributed by atoms with Crippen LogP contribution in [0.25, 0.3) is 11.0 Å². The summed E-state index contributed by atoms with van der Waals surface area (Å²) in [4.78, 5) is 18.0. The highest BCUT2D eigenvalue weighted by molar-refractivity contribution is 5.75. The van der Waals surface area contributed by atoms with Gasteiger partial charge in [0.2, 0.25) is 0 Å². The average molecular weight is 408 g/mol. The maximum atomic E-state index is 14.1. The molecule has 0 bridgehead atoms. The topological polar surface area (TPSA) is 41.0 Å². The van der Waals surface area contributed by atoms with Gasteiger partial charge >= 0.3 is 5.69 Å². The number of halogens is 1. The molecule has 2 fully saturated rings. The lowest BCUT2D eigenvalue weighted by Crippen LogP contribution is -2.50. The van der Waals surface area contributed by atoms with E-state index in [4.69, 9.17) is 0 Å². The summed E-state index contributed by atoms with van der Waals surface area (Å²) in [6.45, 7) is 1.93. The van der Waals surface area contributed by atoms with Crippen LogP contribution in [0, 0.1) is 5.82 Å². The third-order valence-corrected chi connectivity index (χ3v) is 7.38. The smallest absolute Gasteiger partial charge is 0.303 e. The van der Waals surface area contributed by atoms with Crippen LogP contribution in [0.2, 0.25) is 0 Å². The number of hydrogen-bond donors (Lipinski definition) is 1. The molecule has 0 unspecified atom stereocenters. The summed E-state index contributed by atoms with van der Waals surface area (Å²) in [5, 5.41) is 0. The van der Waals surface area contributed by atoms with Gasteiger partial charge in [0, 0.05) is 24.7 Å². The molecule has 4 nitrogen and oxygen atoms in total. The molecule has 1 aliphatic carbocycles. The molecule has 5 heteroatoms. The van der Waals surface area contributed by atoms with Crippen LogP contribution in [0.5, 0.6) is 0 Å². The summed E-state index contributed by atoms with van der Waals surface area (Å²) >= 11 is 0. The predicted molar refractivity (Wildman–Crippen MR) is 118 cm³/mol. The van der Waals surface area contributed by atoms with E-state index >= 15 is 0 Å². The lowest BCUT2D eigenvalue weighted by molar-refractivity contribution is 0.0356. The van der Waals surface area contributed by atoms with Crippen LogP contribution in [-0.2, 0) is 5.54 Å². The first-order chi connectivity index (χ1) is 14.7. The van der Waals surface area contributed by atoms with E-state index in [1.54, 1.807) is 10.6 Å². The molecule has 0 atom stereocenters. The fraction of sp³-hybridized carbons (Fsp3) is 0.480. The van der Waals surface area contributed by atoms with Crippen molar-refractivity contribution in [1.82, 2.24) is 14.5 Å². The van der Waals surface area contributed by atoms with Gasteiger partial charge < -0.3 is 4.98 Å². The zero-order valence-corrected chi connectivity index (χ0v) is 17.4. The fourth-order valence-corrected chi connectivity index (χ4v) is 5.88. The van der Waals surface area contributed by atoms with E-state index in [-0.39, 0.29) is 23.1 Å². The van der Waals surface area contributed by atoms with Crippen molar-refractivity contribution in [2.75, 3.05) is 13.1 Å². The number of nitrogens with one attached hydrogen (secondary N) is 1. The molecule has 5 rings (SSSR count). The van der Waals surface area contributed by atoms with Gasteiger partial charge in [0.05, 0.1) is 5.52 Å². The van der Waals surface area contributed by atoms with E-state index in [0.29, 0.717) is 11.0 Å². The second-order valence-corrected chi connectivity index (χ2v) is 8.96. The monoisotopic (exact) mass is 407 g/mol. The number of piperidine rings is 1. The molecule has 2 aromatic carbocycles. The lowest BCUT2D eigenvalue weighted by Gasteiger charge is -2.47. The maximum absolute atomic E-state index is 14.1. The molecule has 1 aliphatic heterocycles. The molecule has 2 heterocycles. The van der Waals surface area contributed by atoms with Crippen molar-refractivity contribution < 1.29 is 4.39 Å². The molecular weight excluding hydrogens is 377 g/mol. The highest BCUT2D eigenvalue weighted by atomic mass is 19.1. The lowest BCUT2D eigenvalue weighted by atomic mass is 9.79. The number of H-pyrrole nitrogens is 1. The van der Waals surface area contributed by atoms with Crippen LogP contribution in [0.15, 0.2) is 53.3 Å². The first-order valence-corrected chi connectivity index (χ1v) is 11.4. The molecule has 3 aromatic rings. The molecule has 0 radical (unpaired) electrons. The highest BCUT2D eigenvalue weighted by Crippen LogP contribution is 2.43. The first kappa shape index (κ1) is 19.6. The Morgan fingerprint density at radius 3 is 2.30 bits per heavy atom. The van der Waals surface area contributed by atoms with Gasteiger partial charge in [-0.15, -0.1) is 0 Å². The third kappa shape index (κ3) is 3.29. The zero-order valence-electron chi connectivity index (χ0n) is 17.4. The fourth-order valence-electron chi connectivity index (χ4n) is 5.88. The number of likely N-dealkylation sites (tertiary alicyclic amines) is 1. The second-order valence-electron chi connectivity index (χ2n) is 8.96. The molecule has 1 saturated heterocycles. The van der Waals surface area contributed by atoms with E-state index in [2.05, 4.69) is 40.2 Å². The van der Waals surface area contributed by atoms with Gasteiger partial charge in [-0.2, -0.15) is 0 Å². The van der Waals surface area contributed by atoms with E-state index in [0.717, 1.165) is 25.9 Å². The number of imidazole rings is 1. The molecule has 30 heavy (non-hydrogen) atoms. The molecule has 1 aromatic heterocycles. The van der Waals surface area contributed by atoms with Crippen LogP contribution >= 0.6 is 0 Å². The number of aromatic nitrogens is 2. The standard InChI is InChI=1S/C25H30FN3O/c26-21-11-8-12-22-23(21)27-24(30)29(22)20-13-17-28(18-14-20)25(15-6-1-2-7-16-25)19-9-4-3-5-10-19/h3-5,8-12,20H,1-2,6-7,13-18H2,(H,27,30). The van der Waals surface area contributed by atoms with Gasteiger partial charge in [0.1, 0.15) is 11.3 Å². The molecular formula is C25H30FN3O. The Bertz CT molecular complexity index is 1050. The van der Waals surface area contributed by atoms with Gasteiger partial charge in [-0.3, -0.25) is 9.47 Å². The van der Waals surface area contributed by atoms with Crippen LogP contribution in [0.4, 0.5) is 4.39 Å². The molecule has 1 saturated carbocycles. The van der Waals surface area contributed by atoms with Crippen LogP contribution in [0.1, 0.15) is 63.0 Å². The summed E-state index contributed by atoms with van der Waals surface area (Å²) in [7, 11) is 0. The Hall–Kier alpha value is -2.40. The highest BCUT2D eigenvalue weighted by Gasteiger charge is 2.40. The molecule has 2 aliphatic rings. The number of aromatic amines is 1. The summed E-state index contributed by atoms with van der Waals surface area (Å²) in [6.07, 6.45) is 9.43. The summed E-state index contributed by atoms with van der Waals surface area (Å²) < 4.78 is 15.9. The number of fused-ring (bicyclic) bond motifs is 1. The molecule has 0 spiro atoms. The van der Waals surface area contributed by atoms with Crippen LogP contribution < -0.4 is 5.69 Å². The van der Waals surface area contributed by atoms with Crippen molar-refractivity contribution in [3.8, 4) is 0 Å². The Kier molecular flexibility index (Phi) is 5.23. The molecule has 0 amide bonds. The largest absolute Gasteiger partial charge is 0.326 e. The van der Waals surface area contributed by atoms with Crippen molar-refractivity contribution in [2.45, 2.75) is 62.9 Å². The van der Waals surface area contributed by atoms with E-state index in [1.807, 2.05) is 6.07 Å². The van der Waals surface area contributed by atoms with Crippen LogP contribution in [0.3, 0.4) is 0 Å². The summed E-state index contributed by atoms with van der Waals surface area (Å²) in [5.74, 6) is -0.359. The quantitative estimate of drug-likeness (QED) is 0.594. The van der Waals surface area contributed by atoms with Crippen molar-refractivity contribution in [2.24, 2.45) is 0 Å². The molecule has 1 N–H and O–H groups in total. The number of hydrogen-bond acceptors (Lipinski definition) is 2. The van der Waals surface area contributed by atoms with Crippen LogP contribution in [-0.4, -0.2) is 27.5 Å².